The lowest BCUT2D eigenvalue weighted by Crippen LogP contribution is -2.30. The maximum atomic E-state index is 13.1. The molecule has 0 radical (unpaired) electrons. The van der Waals surface area contributed by atoms with E-state index in [1.54, 1.807) is 11.3 Å². The van der Waals surface area contributed by atoms with Gasteiger partial charge in [-0.2, -0.15) is 5.10 Å². The van der Waals surface area contributed by atoms with Crippen LogP contribution in [0, 0.1) is 0 Å². The number of aromatic amines is 1. The predicted octanol–water partition coefficient (Wildman–Crippen LogP) is 4.15. The van der Waals surface area contributed by atoms with Crippen molar-refractivity contribution in [2.24, 2.45) is 0 Å². The fraction of sp³-hybridized carbons (Fsp3) is 0.211. The van der Waals surface area contributed by atoms with Crippen molar-refractivity contribution in [3.63, 3.8) is 0 Å². The molecule has 1 saturated heterocycles. The molecule has 1 atom stereocenters. The molecule has 2 aromatic heterocycles. The van der Waals surface area contributed by atoms with E-state index < -0.39 is 0 Å². The highest BCUT2D eigenvalue weighted by Gasteiger charge is 2.34. The van der Waals surface area contributed by atoms with Crippen LogP contribution in [-0.4, -0.2) is 32.5 Å². The fourth-order valence-electron chi connectivity index (χ4n) is 3.56. The summed E-state index contributed by atoms with van der Waals surface area (Å²) in [6.07, 6.45) is 1.95. The number of carbonyl (C=O) groups excluding carboxylic acids is 1. The van der Waals surface area contributed by atoms with E-state index in [0.717, 1.165) is 40.8 Å². The van der Waals surface area contributed by atoms with E-state index in [9.17, 15) is 4.79 Å². The van der Waals surface area contributed by atoms with Crippen LogP contribution in [0.5, 0.6) is 0 Å². The molecule has 5 nitrogen and oxygen atoms in total. The molecule has 4 aromatic rings. The number of aromatic nitrogens is 3. The third-order valence-corrected chi connectivity index (χ3v) is 5.92. The SMILES string of the molecule is O=C(c1n[nH]c2ccccc12)N1CCC[C@@H]1c1nc2ccccc2s1. The van der Waals surface area contributed by atoms with Crippen LogP contribution in [0.2, 0.25) is 0 Å². The van der Waals surface area contributed by atoms with Crippen molar-refractivity contribution >= 4 is 38.4 Å². The van der Waals surface area contributed by atoms with Gasteiger partial charge in [-0.15, -0.1) is 11.3 Å². The van der Waals surface area contributed by atoms with Gasteiger partial charge in [0.15, 0.2) is 5.69 Å². The molecule has 124 valence electrons. The third kappa shape index (κ3) is 2.33. The Hall–Kier alpha value is -2.73. The standard InChI is InChI=1S/C19H16N4OS/c24-19(17-12-6-1-2-7-13(12)21-22-17)23-11-5-9-15(23)18-20-14-8-3-4-10-16(14)25-18/h1-4,6-8,10,15H,5,9,11H2,(H,21,22)/t15-/m1/s1. The largest absolute Gasteiger partial charge is 0.328 e. The molecule has 2 aromatic carbocycles. The normalized spacial score (nSPS) is 17.6. The molecule has 0 saturated carbocycles. The molecule has 1 aliphatic heterocycles. The van der Waals surface area contributed by atoms with Crippen molar-refractivity contribution in [3.05, 3.63) is 59.2 Å². The van der Waals surface area contributed by atoms with E-state index in [4.69, 9.17) is 4.98 Å². The molecule has 0 spiro atoms. The van der Waals surface area contributed by atoms with Gasteiger partial charge in [0.1, 0.15) is 5.01 Å². The molecule has 1 fully saturated rings. The van der Waals surface area contributed by atoms with Crippen LogP contribution in [0.4, 0.5) is 0 Å². The van der Waals surface area contributed by atoms with Gasteiger partial charge in [0, 0.05) is 11.9 Å². The first-order valence-electron chi connectivity index (χ1n) is 8.41. The molecular weight excluding hydrogens is 332 g/mol. The number of fused-ring (bicyclic) bond motifs is 2. The fourth-order valence-corrected chi connectivity index (χ4v) is 4.68. The number of likely N-dealkylation sites (tertiary alicyclic amines) is 1. The second-order valence-electron chi connectivity index (χ2n) is 6.29. The van der Waals surface area contributed by atoms with Gasteiger partial charge >= 0.3 is 0 Å². The molecule has 5 rings (SSSR count). The van der Waals surface area contributed by atoms with Gasteiger partial charge < -0.3 is 4.90 Å². The topological polar surface area (TPSA) is 61.9 Å². The molecule has 0 bridgehead atoms. The summed E-state index contributed by atoms with van der Waals surface area (Å²) in [5, 5.41) is 9.13. The lowest BCUT2D eigenvalue weighted by Gasteiger charge is -2.22. The first-order valence-corrected chi connectivity index (χ1v) is 9.22. The van der Waals surface area contributed by atoms with Crippen LogP contribution in [0.25, 0.3) is 21.1 Å². The van der Waals surface area contributed by atoms with E-state index in [2.05, 4.69) is 16.3 Å². The van der Waals surface area contributed by atoms with Crippen molar-refractivity contribution in [2.75, 3.05) is 6.54 Å². The van der Waals surface area contributed by atoms with Gasteiger partial charge in [-0.05, 0) is 31.0 Å². The maximum Gasteiger partial charge on any atom is 0.275 e. The van der Waals surface area contributed by atoms with Crippen LogP contribution in [-0.2, 0) is 0 Å². The van der Waals surface area contributed by atoms with E-state index in [0.29, 0.717) is 5.69 Å². The Balaban J connectivity index is 1.53. The molecule has 0 unspecified atom stereocenters. The number of benzene rings is 2. The van der Waals surface area contributed by atoms with Crippen molar-refractivity contribution in [3.8, 4) is 0 Å². The highest BCUT2D eigenvalue weighted by molar-refractivity contribution is 7.18. The molecule has 25 heavy (non-hydrogen) atoms. The minimum Gasteiger partial charge on any atom is -0.328 e. The van der Waals surface area contributed by atoms with Gasteiger partial charge in [-0.3, -0.25) is 9.89 Å². The summed E-state index contributed by atoms with van der Waals surface area (Å²) in [6.45, 7) is 0.751. The summed E-state index contributed by atoms with van der Waals surface area (Å²) in [7, 11) is 0. The van der Waals surface area contributed by atoms with Crippen molar-refractivity contribution in [1.82, 2.24) is 20.1 Å². The maximum absolute atomic E-state index is 13.1. The lowest BCUT2D eigenvalue weighted by molar-refractivity contribution is 0.0731. The van der Waals surface area contributed by atoms with E-state index in [1.807, 2.05) is 47.4 Å². The zero-order valence-corrected chi connectivity index (χ0v) is 14.3. The van der Waals surface area contributed by atoms with Crippen molar-refractivity contribution in [1.29, 1.82) is 0 Å². The number of hydrogen-bond acceptors (Lipinski definition) is 4. The molecule has 1 aliphatic rings. The predicted molar refractivity (Wildman–Crippen MR) is 98.7 cm³/mol. The summed E-state index contributed by atoms with van der Waals surface area (Å²) in [4.78, 5) is 19.8. The van der Waals surface area contributed by atoms with Crippen molar-refractivity contribution < 1.29 is 4.79 Å². The van der Waals surface area contributed by atoms with Crippen molar-refractivity contribution in [2.45, 2.75) is 18.9 Å². The molecule has 1 N–H and O–H groups in total. The molecule has 6 heteroatoms. The zero-order chi connectivity index (χ0) is 16.8. The molecule has 3 heterocycles. The lowest BCUT2D eigenvalue weighted by atomic mass is 10.2. The number of thiazole rings is 1. The second-order valence-corrected chi connectivity index (χ2v) is 7.36. The minimum absolute atomic E-state index is 0.0146. The zero-order valence-electron chi connectivity index (χ0n) is 13.5. The Bertz CT molecular complexity index is 1050. The second kappa shape index (κ2) is 5.67. The number of hydrogen-bond donors (Lipinski definition) is 1. The summed E-state index contributed by atoms with van der Waals surface area (Å²) in [6, 6.07) is 15.9. The number of amides is 1. The van der Waals surface area contributed by atoms with E-state index in [-0.39, 0.29) is 11.9 Å². The van der Waals surface area contributed by atoms with Crippen LogP contribution < -0.4 is 0 Å². The Labute approximate surface area is 148 Å². The summed E-state index contributed by atoms with van der Waals surface area (Å²) >= 11 is 1.68. The highest BCUT2D eigenvalue weighted by Crippen LogP contribution is 2.37. The number of H-pyrrole nitrogens is 1. The summed E-state index contributed by atoms with van der Waals surface area (Å²) in [5.41, 5.74) is 2.40. The van der Waals surface area contributed by atoms with E-state index in [1.165, 1.54) is 4.70 Å². The Morgan fingerprint density at radius 3 is 2.92 bits per heavy atom. The number of para-hydroxylation sites is 2. The molecule has 0 aliphatic carbocycles. The van der Waals surface area contributed by atoms with Crippen LogP contribution in [0.15, 0.2) is 48.5 Å². The average Bonchev–Trinajstić information content (AvgIpc) is 3.37. The number of carbonyl (C=O) groups is 1. The van der Waals surface area contributed by atoms with Gasteiger partial charge in [-0.1, -0.05) is 30.3 Å². The first kappa shape index (κ1) is 14.6. The third-order valence-electron chi connectivity index (χ3n) is 4.78. The van der Waals surface area contributed by atoms with Crippen LogP contribution >= 0.6 is 11.3 Å². The van der Waals surface area contributed by atoms with Crippen LogP contribution in [0.1, 0.15) is 34.4 Å². The smallest absolute Gasteiger partial charge is 0.275 e. The summed E-state index contributed by atoms with van der Waals surface area (Å²) in [5.74, 6) is -0.0146. The minimum atomic E-state index is -0.0146. The molecular formula is C19H16N4OS. The van der Waals surface area contributed by atoms with Gasteiger partial charge in [0.05, 0.1) is 21.8 Å². The quantitative estimate of drug-likeness (QED) is 0.592. The Morgan fingerprint density at radius 1 is 1.16 bits per heavy atom. The number of nitrogens with zero attached hydrogens (tertiary/aromatic N) is 3. The number of nitrogens with one attached hydrogen (secondary N) is 1. The molecule has 1 amide bonds. The summed E-state index contributed by atoms with van der Waals surface area (Å²) < 4.78 is 1.17. The Kier molecular flexibility index (Phi) is 3.31. The highest BCUT2D eigenvalue weighted by atomic mass is 32.1. The first-order chi connectivity index (χ1) is 12.3. The number of rotatable bonds is 2. The monoisotopic (exact) mass is 348 g/mol. The average molecular weight is 348 g/mol. The van der Waals surface area contributed by atoms with Crippen LogP contribution in [0.3, 0.4) is 0 Å². The van der Waals surface area contributed by atoms with Gasteiger partial charge in [-0.25, -0.2) is 4.98 Å². The van der Waals surface area contributed by atoms with Gasteiger partial charge in [0.2, 0.25) is 0 Å². The van der Waals surface area contributed by atoms with E-state index >= 15 is 0 Å². The van der Waals surface area contributed by atoms with Gasteiger partial charge in [0.25, 0.3) is 5.91 Å². The Morgan fingerprint density at radius 2 is 2.00 bits per heavy atom.